The normalized spacial score (nSPS) is 19.0. The van der Waals surface area contributed by atoms with Gasteiger partial charge in [0.2, 0.25) is 11.8 Å². The molecule has 30 heavy (non-hydrogen) atoms. The van der Waals surface area contributed by atoms with Crippen molar-refractivity contribution in [2.45, 2.75) is 22.0 Å². The lowest BCUT2D eigenvalue weighted by Crippen LogP contribution is -2.49. The molecule has 1 unspecified atom stereocenters. The Kier molecular flexibility index (Phi) is 5.72. The van der Waals surface area contributed by atoms with Crippen molar-refractivity contribution >= 4 is 45.0 Å². The minimum atomic E-state index is -3.82. The summed E-state index contributed by atoms with van der Waals surface area (Å²) in [6.45, 7) is 3.74. The number of amides is 2. The van der Waals surface area contributed by atoms with E-state index in [4.69, 9.17) is 4.74 Å². The number of nitrogens with one attached hydrogen (secondary N) is 2. The van der Waals surface area contributed by atoms with Crippen LogP contribution in [0.3, 0.4) is 0 Å². The summed E-state index contributed by atoms with van der Waals surface area (Å²) in [5.74, 6) is -0.714. The monoisotopic (exact) mass is 447 g/mol. The summed E-state index contributed by atoms with van der Waals surface area (Å²) in [7, 11) is -3.82. The summed E-state index contributed by atoms with van der Waals surface area (Å²) in [5, 5.41) is 1.78. The molecule has 2 amide bonds. The van der Waals surface area contributed by atoms with Crippen LogP contribution in [0.4, 0.5) is 11.4 Å². The Morgan fingerprint density at radius 1 is 1.17 bits per heavy atom. The lowest BCUT2D eigenvalue weighted by molar-refractivity contribution is -0.137. The largest absolute Gasteiger partial charge is 0.378 e. The number of hydrogen-bond donors (Lipinski definition) is 2. The van der Waals surface area contributed by atoms with Gasteiger partial charge in [-0.3, -0.25) is 14.3 Å². The lowest BCUT2D eigenvalue weighted by Gasteiger charge is -2.31. The smallest absolute Gasteiger partial charge is 0.261 e. The van der Waals surface area contributed by atoms with Crippen molar-refractivity contribution in [3.05, 3.63) is 48.0 Å². The van der Waals surface area contributed by atoms with Crippen LogP contribution in [-0.4, -0.2) is 56.7 Å². The third kappa shape index (κ3) is 4.30. The molecule has 1 atom stereocenters. The van der Waals surface area contributed by atoms with Gasteiger partial charge in [-0.2, -0.15) is 0 Å². The third-order valence-corrected chi connectivity index (χ3v) is 7.49. The van der Waals surface area contributed by atoms with Crippen molar-refractivity contribution in [2.75, 3.05) is 36.3 Å². The van der Waals surface area contributed by atoms with E-state index in [2.05, 4.69) is 10.0 Å². The number of carbonyl (C=O) groups is 2. The number of carbonyl (C=O) groups excluding carboxylic acids is 2. The molecule has 2 N–H and O–H groups in total. The van der Waals surface area contributed by atoms with Crippen LogP contribution in [0, 0.1) is 6.92 Å². The maximum absolute atomic E-state index is 12.7. The number of fused-ring (bicyclic) bond motifs is 1. The molecule has 8 nitrogen and oxygen atoms in total. The van der Waals surface area contributed by atoms with Crippen molar-refractivity contribution in [1.82, 2.24) is 4.90 Å². The van der Waals surface area contributed by atoms with E-state index in [-0.39, 0.29) is 10.8 Å². The van der Waals surface area contributed by atoms with Gasteiger partial charge in [-0.05, 0) is 37.3 Å². The number of sulfonamides is 1. The molecule has 0 spiro atoms. The van der Waals surface area contributed by atoms with E-state index in [0.29, 0.717) is 42.6 Å². The molecule has 0 aromatic heterocycles. The Morgan fingerprint density at radius 2 is 1.87 bits per heavy atom. The van der Waals surface area contributed by atoms with Crippen LogP contribution in [0.1, 0.15) is 5.56 Å². The first-order chi connectivity index (χ1) is 14.3. The van der Waals surface area contributed by atoms with Crippen LogP contribution in [0.5, 0.6) is 0 Å². The highest BCUT2D eigenvalue weighted by Gasteiger charge is 2.36. The molecule has 2 heterocycles. The van der Waals surface area contributed by atoms with Gasteiger partial charge < -0.3 is 15.0 Å². The molecule has 4 rings (SSSR count). The first-order valence-electron chi connectivity index (χ1n) is 9.41. The van der Waals surface area contributed by atoms with E-state index >= 15 is 0 Å². The predicted octanol–water partition coefficient (Wildman–Crippen LogP) is 2.07. The van der Waals surface area contributed by atoms with E-state index in [9.17, 15) is 18.0 Å². The topological polar surface area (TPSA) is 105 Å². The fourth-order valence-corrected chi connectivity index (χ4v) is 5.34. The molecule has 2 aliphatic heterocycles. The number of benzene rings is 2. The van der Waals surface area contributed by atoms with E-state index in [1.54, 1.807) is 23.1 Å². The van der Waals surface area contributed by atoms with Crippen LogP contribution in [0.15, 0.2) is 52.3 Å². The minimum Gasteiger partial charge on any atom is -0.378 e. The highest BCUT2D eigenvalue weighted by atomic mass is 32.2. The van der Waals surface area contributed by atoms with Gasteiger partial charge in [-0.15, -0.1) is 11.8 Å². The summed E-state index contributed by atoms with van der Waals surface area (Å²) >= 11 is 1.13. The highest BCUT2D eigenvalue weighted by molar-refractivity contribution is 8.01. The van der Waals surface area contributed by atoms with Crippen molar-refractivity contribution in [3.8, 4) is 0 Å². The molecule has 1 fully saturated rings. The summed E-state index contributed by atoms with van der Waals surface area (Å²) in [6, 6.07) is 11.5. The Balaban J connectivity index is 1.53. The Bertz CT molecular complexity index is 1080. The molecule has 0 saturated carbocycles. The van der Waals surface area contributed by atoms with Gasteiger partial charge in [-0.25, -0.2) is 8.42 Å². The number of nitrogens with zero attached hydrogens (tertiary/aromatic N) is 1. The third-order valence-electron chi connectivity index (χ3n) is 4.85. The highest BCUT2D eigenvalue weighted by Crippen LogP contribution is 2.38. The van der Waals surface area contributed by atoms with Crippen LogP contribution in [-0.2, 0) is 24.3 Å². The number of thioether (sulfide) groups is 1. The molecule has 0 bridgehead atoms. The molecule has 158 valence electrons. The van der Waals surface area contributed by atoms with Gasteiger partial charge in [0, 0.05) is 23.7 Å². The van der Waals surface area contributed by atoms with Crippen molar-refractivity contribution in [1.29, 1.82) is 0 Å². The fraction of sp³-hybridized carbons (Fsp3) is 0.300. The number of aryl methyl sites for hydroxylation is 1. The average Bonchev–Trinajstić information content (AvgIpc) is 2.74. The summed E-state index contributed by atoms with van der Waals surface area (Å²) in [5.41, 5.74) is 1.85. The van der Waals surface area contributed by atoms with Crippen molar-refractivity contribution in [2.24, 2.45) is 0 Å². The zero-order valence-corrected chi connectivity index (χ0v) is 17.9. The Hall–Kier alpha value is -2.56. The molecular formula is C20H21N3O5S2. The summed E-state index contributed by atoms with van der Waals surface area (Å²) in [4.78, 5) is 27.6. The zero-order valence-electron chi connectivity index (χ0n) is 16.3. The zero-order chi connectivity index (χ0) is 21.3. The van der Waals surface area contributed by atoms with Crippen LogP contribution in [0.2, 0.25) is 0 Å². The summed E-state index contributed by atoms with van der Waals surface area (Å²) in [6.07, 6.45) is 0. The van der Waals surface area contributed by atoms with Crippen LogP contribution in [0.25, 0.3) is 0 Å². The first kappa shape index (κ1) is 20.7. The quantitative estimate of drug-likeness (QED) is 0.696. The molecule has 0 aliphatic carbocycles. The molecule has 10 heteroatoms. The second-order valence-corrected chi connectivity index (χ2v) is 9.88. The van der Waals surface area contributed by atoms with Gasteiger partial charge in [0.15, 0.2) is 5.25 Å². The number of ether oxygens (including phenoxy) is 1. The second-order valence-electron chi connectivity index (χ2n) is 7.05. The SMILES string of the molecule is Cc1ccc(NS(=O)(=O)c2ccc3c(c2)NC(=O)C(C(=O)N2CCOCC2)S3)cc1. The standard InChI is InChI=1S/C20H21N3O5S2/c1-13-2-4-14(5-3-13)22-30(26,27)15-6-7-17-16(12-15)21-19(24)18(29-17)20(25)23-8-10-28-11-9-23/h2-7,12,18,22H,8-11H2,1H3,(H,21,24). The number of morpholine rings is 1. The molecular weight excluding hydrogens is 426 g/mol. The maximum Gasteiger partial charge on any atom is 0.261 e. The van der Waals surface area contributed by atoms with E-state index in [1.807, 2.05) is 19.1 Å². The van der Waals surface area contributed by atoms with Gasteiger partial charge in [0.05, 0.1) is 23.8 Å². The van der Waals surface area contributed by atoms with E-state index in [0.717, 1.165) is 17.3 Å². The van der Waals surface area contributed by atoms with Crippen molar-refractivity contribution in [3.63, 3.8) is 0 Å². The summed E-state index contributed by atoms with van der Waals surface area (Å²) < 4.78 is 33.2. The lowest BCUT2D eigenvalue weighted by atomic mass is 10.2. The molecule has 0 radical (unpaired) electrons. The molecule has 2 aromatic rings. The van der Waals surface area contributed by atoms with E-state index in [1.165, 1.54) is 12.1 Å². The van der Waals surface area contributed by atoms with Gasteiger partial charge >= 0.3 is 0 Å². The predicted molar refractivity (Wildman–Crippen MR) is 114 cm³/mol. The number of hydrogen-bond acceptors (Lipinski definition) is 6. The molecule has 1 saturated heterocycles. The van der Waals surface area contributed by atoms with E-state index < -0.39 is 21.2 Å². The number of rotatable bonds is 4. The first-order valence-corrected chi connectivity index (χ1v) is 11.8. The number of anilines is 2. The van der Waals surface area contributed by atoms with Gasteiger partial charge in [0.25, 0.3) is 10.0 Å². The Morgan fingerprint density at radius 3 is 2.57 bits per heavy atom. The average molecular weight is 448 g/mol. The van der Waals surface area contributed by atoms with Crippen LogP contribution >= 0.6 is 11.8 Å². The van der Waals surface area contributed by atoms with Crippen molar-refractivity contribution < 1.29 is 22.7 Å². The second kappa shape index (κ2) is 8.29. The molecule has 2 aliphatic rings. The molecule has 2 aromatic carbocycles. The van der Waals surface area contributed by atoms with Gasteiger partial charge in [0.1, 0.15) is 0 Å². The Labute approximate surface area is 179 Å². The minimum absolute atomic E-state index is 0.0284. The van der Waals surface area contributed by atoms with Gasteiger partial charge in [-0.1, -0.05) is 17.7 Å². The maximum atomic E-state index is 12.7. The van der Waals surface area contributed by atoms with Crippen LogP contribution < -0.4 is 10.0 Å². The fourth-order valence-electron chi connectivity index (χ4n) is 3.20.